The van der Waals surface area contributed by atoms with Gasteiger partial charge in [0.2, 0.25) is 5.91 Å². The van der Waals surface area contributed by atoms with Gasteiger partial charge in [0, 0.05) is 24.7 Å². The van der Waals surface area contributed by atoms with Gasteiger partial charge >= 0.3 is 0 Å². The molecule has 33 heavy (non-hydrogen) atoms. The average Bonchev–Trinajstić information content (AvgIpc) is 2.85. The molecular weight excluding hydrogens is 410 g/mol. The van der Waals surface area contributed by atoms with Gasteiger partial charge < -0.3 is 10.2 Å². The van der Waals surface area contributed by atoms with Gasteiger partial charge in [-0.2, -0.15) is 0 Å². The molecule has 1 aliphatic rings. The maximum atomic E-state index is 13.5. The van der Waals surface area contributed by atoms with E-state index in [0.29, 0.717) is 25.2 Å². The molecule has 5 heteroatoms. The van der Waals surface area contributed by atoms with Crippen LogP contribution in [0.25, 0.3) is 10.8 Å². The number of nitrogens with zero attached hydrogens (tertiary/aromatic N) is 2. The van der Waals surface area contributed by atoms with Crippen LogP contribution in [0.5, 0.6) is 0 Å². The highest BCUT2D eigenvalue weighted by Gasteiger charge is 2.28. The summed E-state index contributed by atoms with van der Waals surface area (Å²) < 4.78 is 0. The zero-order chi connectivity index (χ0) is 23.0. The molecule has 0 bridgehead atoms. The lowest BCUT2D eigenvalue weighted by molar-refractivity contribution is -0.119. The van der Waals surface area contributed by atoms with E-state index in [1.165, 1.54) is 0 Å². The zero-order valence-electron chi connectivity index (χ0n) is 19.2. The lowest BCUT2D eigenvalue weighted by Gasteiger charge is -2.34. The molecule has 3 aromatic carbocycles. The normalized spacial score (nSPS) is 13.5. The molecule has 0 fully saturated rings. The van der Waals surface area contributed by atoms with Crippen LogP contribution in [0.4, 0.5) is 17.1 Å². The molecule has 0 aliphatic carbocycles. The number of anilines is 2. The first-order valence-corrected chi connectivity index (χ1v) is 11.9. The van der Waals surface area contributed by atoms with E-state index in [1.807, 2.05) is 67.7 Å². The molecule has 1 N–H and O–H groups in total. The highest BCUT2D eigenvalue weighted by atomic mass is 16.2. The summed E-state index contributed by atoms with van der Waals surface area (Å²) in [7, 11) is 0. The van der Waals surface area contributed by atoms with Gasteiger partial charge in [-0.1, -0.05) is 62.2 Å². The second kappa shape index (κ2) is 10.9. The Morgan fingerprint density at radius 2 is 1.76 bits per heavy atom. The summed E-state index contributed by atoms with van der Waals surface area (Å²) >= 11 is 0. The molecule has 0 saturated carbocycles. The number of para-hydroxylation sites is 2. The number of rotatable bonds is 10. The monoisotopic (exact) mass is 441 g/mol. The van der Waals surface area contributed by atoms with Crippen LogP contribution in [0.3, 0.4) is 0 Å². The van der Waals surface area contributed by atoms with E-state index in [9.17, 15) is 9.59 Å². The Morgan fingerprint density at radius 1 is 0.970 bits per heavy atom. The van der Waals surface area contributed by atoms with Crippen LogP contribution < -0.4 is 10.2 Å². The smallest absolute Gasteiger partial charge is 0.247 e. The fraction of sp³-hybridized carbons (Fsp3) is 0.321. The van der Waals surface area contributed by atoms with Crippen molar-refractivity contribution in [3.63, 3.8) is 0 Å². The maximum absolute atomic E-state index is 13.5. The third-order valence-corrected chi connectivity index (χ3v) is 6.22. The molecule has 0 radical (unpaired) electrons. The minimum absolute atomic E-state index is 0.0139. The first-order chi connectivity index (χ1) is 16.2. The Hall–Kier alpha value is -3.47. The summed E-state index contributed by atoms with van der Waals surface area (Å²) in [5, 5.41) is 5.40. The molecule has 170 valence electrons. The maximum Gasteiger partial charge on any atom is 0.247 e. The summed E-state index contributed by atoms with van der Waals surface area (Å²) in [4.78, 5) is 31.8. The summed E-state index contributed by atoms with van der Waals surface area (Å²) in [6.45, 7) is 2.51. The molecule has 1 atom stereocenters. The SMILES string of the molecule is CCC(=O)CCCCC[C@@H](C(=O)Nc1ccc2ccccc2c1)N1CC=Nc2ccccc21. The second-order valence-corrected chi connectivity index (χ2v) is 8.51. The molecule has 0 aromatic heterocycles. The third kappa shape index (κ3) is 5.67. The van der Waals surface area contributed by atoms with Crippen molar-refractivity contribution >= 4 is 45.7 Å². The molecule has 1 heterocycles. The standard InChI is InChI=1S/C28H31N3O2/c1-2-24(32)12-4-3-5-15-27(31-19-18-29-25-13-8-9-14-26(25)31)28(33)30-23-17-16-21-10-6-7-11-22(21)20-23/h6-11,13-14,16-18,20,27H,2-5,12,15,19H2,1H3,(H,30,33)/t27-/m0/s1. The van der Waals surface area contributed by atoms with E-state index >= 15 is 0 Å². The first kappa shape index (κ1) is 22.7. The molecule has 1 amide bonds. The van der Waals surface area contributed by atoms with Gasteiger partial charge in [-0.3, -0.25) is 14.6 Å². The third-order valence-electron chi connectivity index (χ3n) is 6.22. The fourth-order valence-corrected chi connectivity index (χ4v) is 4.37. The van der Waals surface area contributed by atoms with Crippen molar-refractivity contribution in [1.82, 2.24) is 0 Å². The Balaban J connectivity index is 1.50. The van der Waals surface area contributed by atoms with Crippen LogP contribution in [-0.4, -0.2) is 30.5 Å². The topological polar surface area (TPSA) is 61.8 Å². The molecule has 1 aliphatic heterocycles. The van der Waals surface area contributed by atoms with Gasteiger partial charge in [0.05, 0.1) is 17.9 Å². The van der Waals surface area contributed by atoms with Gasteiger partial charge in [0.1, 0.15) is 11.8 Å². The van der Waals surface area contributed by atoms with Gasteiger partial charge in [-0.05, 0) is 47.9 Å². The van der Waals surface area contributed by atoms with E-state index in [-0.39, 0.29) is 11.9 Å². The number of carbonyl (C=O) groups is 2. The van der Waals surface area contributed by atoms with E-state index in [4.69, 9.17) is 0 Å². The summed E-state index contributed by atoms with van der Waals surface area (Å²) in [6.07, 6.45) is 6.53. The van der Waals surface area contributed by atoms with Crippen molar-refractivity contribution in [3.8, 4) is 0 Å². The number of benzene rings is 3. The number of unbranched alkanes of at least 4 members (excludes halogenated alkanes) is 2. The van der Waals surface area contributed by atoms with Crippen LogP contribution in [0.15, 0.2) is 71.7 Å². The van der Waals surface area contributed by atoms with Crippen molar-refractivity contribution in [1.29, 1.82) is 0 Å². The van der Waals surface area contributed by atoms with Crippen LogP contribution in [-0.2, 0) is 9.59 Å². The van der Waals surface area contributed by atoms with Gasteiger partial charge in [-0.15, -0.1) is 0 Å². The number of Topliss-reactive ketones (excluding diaryl/α,β-unsaturated/α-hetero) is 1. The molecule has 5 nitrogen and oxygen atoms in total. The zero-order valence-corrected chi connectivity index (χ0v) is 19.2. The number of hydrogen-bond acceptors (Lipinski definition) is 4. The summed E-state index contributed by atoms with van der Waals surface area (Å²) in [5.74, 6) is 0.293. The number of hydrogen-bond donors (Lipinski definition) is 1. The number of nitrogens with one attached hydrogen (secondary N) is 1. The lowest BCUT2D eigenvalue weighted by atomic mass is 10.0. The fourth-order valence-electron chi connectivity index (χ4n) is 4.37. The lowest BCUT2D eigenvalue weighted by Crippen LogP contribution is -2.46. The molecule has 4 rings (SSSR count). The highest BCUT2D eigenvalue weighted by Crippen LogP contribution is 2.33. The van der Waals surface area contributed by atoms with Gasteiger partial charge in [0.25, 0.3) is 0 Å². The molecule has 0 unspecified atom stereocenters. The van der Waals surface area contributed by atoms with Crippen LogP contribution >= 0.6 is 0 Å². The minimum atomic E-state index is -0.314. The summed E-state index contributed by atoms with van der Waals surface area (Å²) in [5.41, 5.74) is 2.68. The van der Waals surface area contributed by atoms with E-state index in [0.717, 1.165) is 53.5 Å². The van der Waals surface area contributed by atoms with E-state index < -0.39 is 0 Å². The van der Waals surface area contributed by atoms with Gasteiger partial charge in [-0.25, -0.2) is 0 Å². The molecule has 0 spiro atoms. The quantitative estimate of drug-likeness (QED) is 0.376. The van der Waals surface area contributed by atoms with Crippen LogP contribution in [0.1, 0.15) is 45.4 Å². The van der Waals surface area contributed by atoms with Crippen LogP contribution in [0.2, 0.25) is 0 Å². The number of amides is 1. The first-order valence-electron chi connectivity index (χ1n) is 11.9. The van der Waals surface area contributed by atoms with E-state index in [1.54, 1.807) is 0 Å². The largest absolute Gasteiger partial charge is 0.352 e. The number of ketones is 1. The number of carbonyl (C=O) groups excluding carboxylic acids is 2. The number of aliphatic imine (C=N–C) groups is 1. The second-order valence-electron chi connectivity index (χ2n) is 8.51. The molecule has 0 saturated heterocycles. The Labute approximate surface area is 195 Å². The van der Waals surface area contributed by atoms with Crippen molar-refractivity contribution in [2.75, 3.05) is 16.8 Å². The van der Waals surface area contributed by atoms with Crippen molar-refractivity contribution in [2.24, 2.45) is 4.99 Å². The Morgan fingerprint density at radius 3 is 2.61 bits per heavy atom. The minimum Gasteiger partial charge on any atom is -0.352 e. The number of fused-ring (bicyclic) bond motifs is 2. The highest BCUT2D eigenvalue weighted by molar-refractivity contribution is 6.00. The molecule has 3 aromatic rings. The Bertz CT molecular complexity index is 1150. The average molecular weight is 442 g/mol. The van der Waals surface area contributed by atoms with Crippen molar-refractivity contribution < 1.29 is 9.59 Å². The van der Waals surface area contributed by atoms with Crippen molar-refractivity contribution in [3.05, 3.63) is 66.7 Å². The molecular formula is C28H31N3O2. The predicted octanol–water partition coefficient (Wildman–Crippen LogP) is 6.30. The summed E-state index contributed by atoms with van der Waals surface area (Å²) in [6, 6.07) is 21.8. The van der Waals surface area contributed by atoms with Crippen LogP contribution in [0, 0.1) is 0 Å². The predicted molar refractivity (Wildman–Crippen MR) is 137 cm³/mol. The van der Waals surface area contributed by atoms with Gasteiger partial charge in [0.15, 0.2) is 0 Å². The van der Waals surface area contributed by atoms with Crippen molar-refractivity contribution in [2.45, 2.75) is 51.5 Å². The van der Waals surface area contributed by atoms with E-state index in [2.05, 4.69) is 27.3 Å². The Kier molecular flexibility index (Phi) is 7.51.